The van der Waals surface area contributed by atoms with E-state index >= 15 is 0 Å². The van der Waals surface area contributed by atoms with Gasteiger partial charge in [0.2, 0.25) is 0 Å². The molecule has 0 aliphatic rings. The molecular weight excluding hydrogens is 267 g/mol. The van der Waals surface area contributed by atoms with Crippen molar-refractivity contribution in [2.24, 2.45) is 0 Å². The molecule has 0 aliphatic heterocycles. The molecule has 0 saturated carbocycles. The summed E-state index contributed by atoms with van der Waals surface area (Å²) in [6.07, 6.45) is 0. The standard InChI is InChI=1S/C15H14Cl2O/c1-10-4-3-5-14(11(10)2)18-15-7-6-12(9-16)8-13(15)17/h3-8H,9H2,1-2H3. The Morgan fingerprint density at radius 1 is 1.06 bits per heavy atom. The van der Waals surface area contributed by atoms with Gasteiger partial charge in [-0.3, -0.25) is 0 Å². The van der Waals surface area contributed by atoms with E-state index in [-0.39, 0.29) is 0 Å². The largest absolute Gasteiger partial charge is 0.456 e. The van der Waals surface area contributed by atoms with E-state index in [4.69, 9.17) is 27.9 Å². The van der Waals surface area contributed by atoms with Crippen LogP contribution in [0.15, 0.2) is 36.4 Å². The molecule has 3 heteroatoms. The number of halogens is 2. The van der Waals surface area contributed by atoms with Crippen LogP contribution in [0.25, 0.3) is 0 Å². The molecule has 0 unspecified atom stereocenters. The zero-order valence-corrected chi connectivity index (χ0v) is 11.8. The number of alkyl halides is 1. The summed E-state index contributed by atoms with van der Waals surface area (Å²) < 4.78 is 5.85. The number of ether oxygens (including phenoxy) is 1. The lowest BCUT2D eigenvalue weighted by Crippen LogP contribution is -1.91. The lowest BCUT2D eigenvalue weighted by molar-refractivity contribution is 0.478. The van der Waals surface area contributed by atoms with Crippen LogP contribution in [0.2, 0.25) is 5.02 Å². The Morgan fingerprint density at radius 3 is 2.50 bits per heavy atom. The first-order valence-corrected chi connectivity index (χ1v) is 6.61. The van der Waals surface area contributed by atoms with E-state index in [1.165, 1.54) is 5.56 Å². The van der Waals surface area contributed by atoms with Crippen LogP contribution in [0, 0.1) is 13.8 Å². The average Bonchev–Trinajstić information content (AvgIpc) is 2.37. The maximum Gasteiger partial charge on any atom is 0.146 e. The molecule has 0 bridgehead atoms. The summed E-state index contributed by atoms with van der Waals surface area (Å²) >= 11 is 11.9. The van der Waals surface area contributed by atoms with Crippen molar-refractivity contribution in [1.29, 1.82) is 0 Å². The molecular formula is C15H14Cl2O. The van der Waals surface area contributed by atoms with Gasteiger partial charge < -0.3 is 4.74 Å². The molecule has 94 valence electrons. The van der Waals surface area contributed by atoms with Gasteiger partial charge >= 0.3 is 0 Å². The number of rotatable bonds is 3. The van der Waals surface area contributed by atoms with Crippen molar-refractivity contribution in [2.45, 2.75) is 19.7 Å². The smallest absolute Gasteiger partial charge is 0.146 e. The maximum atomic E-state index is 6.17. The zero-order chi connectivity index (χ0) is 13.1. The Kier molecular flexibility index (Phi) is 4.15. The summed E-state index contributed by atoms with van der Waals surface area (Å²) in [7, 11) is 0. The molecule has 18 heavy (non-hydrogen) atoms. The summed E-state index contributed by atoms with van der Waals surface area (Å²) in [5, 5.41) is 0.578. The minimum Gasteiger partial charge on any atom is -0.456 e. The molecule has 0 fully saturated rings. The van der Waals surface area contributed by atoms with Crippen molar-refractivity contribution < 1.29 is 4.74 Å². The molecule has 2 rings (SSSR count). The van der Waals surface area contributed by atoms with Crippen molar-refractivity contribution in [3.63, 3.8) is 0 Å². The number of benzene rings is 2. The molecule has 0 saturated heterocycles. The Bertz CT molecular complexity index is 564. The van der Waals surface area contributed by atoms with E-state index in [0.29, 0.717) is 16.7 Å². The molecule has 0 amide bonds. The van der Waals surface area contributed by atoms with Crippen molar-refractivity contribution >= 4 is 23.2 Å². The molecule has 1 nitrogen and oxygen atoms in total. The highest BCUT2D eigenvalue weighted by atomic mass is 35.5. The first-order chi connectivity index (χ1) is 8.61. The summed E-state index contributed by atoms with van der Waals surface area (Å²) in [4.78, 5) is 0. The summed E-state index contributed by atoms with van der Waals surface area (Å²) in [6.45, 7) is 4.09. The number of hydrogen-bond donors (Lipinski definition) is 0. The van der Waals surface area contributed by atoms with Gasteiger partial charge in [0.1, 0.15) is 11.5 Å². The molecule has 0 spiro atoms. The van der Waals surface area contributed by atoms with E-state index < -0.39 is 0 Å². The second kappa shape index (κ2) is 5.64. The van der Waals surface area contributed by atoms with Crippen molar-refractivity contribution in [2.75, 3.05) is 0 Å². The quantitative estimate of drug-likeness (QED) is 0.676. The molecule has 0 radical (unpaired) electrons. The second-order valence-electron chi connectivity index (χ2n) is 4.20. The van der Waals surface area contributed by atoms with E-state index in [9.17, 15) is 0 Å². The van der Waals surface area contributed by atoms with Gasteiger partial charge in [0.25, 0.3) is 0 Å². The first-order valence-electron chi connectivity index (χ1n) is 5.70. The first kappa shape index (κ1) is 13.3. The van der Waals surface area contributed by atoms with E-state index in [0.717, 1.165) is 16.9 Å². The number of aryl methyl sites for hydroxylation is 1. The van der Waals surface area contributed by atoms with Crippen LogP contribution >= 0.6 is 23.2 Å². The molecule has 0 aromatic heterocycles. The summed E-state index contributed by atoms with van der Waals surface area (Å²) in [6, 6.07) is 11.6. The zero-order valence-electron chi connectivity index (χ0n) is 10.3. The molecule has 2 aromatic rings. The fourth-order valence-electron chi connectivity index (χ4n) is 1.66. The van der Waals surface area contributed by atoms with Gasteiger partial charge in [0, 0.05) is 5.88 Å². The predicted octanol–water partition coefficient (Wildman–Crippen LogP) is 5.49. The molecule has 2 aromatic carbocycles. The van der Waals surface area contributed by atoms with Gasteiger partial charge in [0.05, 0.1) is 5.02 Å². The topological polar surface area (TPSA) is 9.23 Å². The fourth-order valence-corrected chi connectivity index (χ4v) is 2.07. The van der Waals surface area contributed by atoms with Crippen LogP contribution in [0.1, 0.15) is 16.7 Å². The van der Waals surface area contributed by atoms with Crippen LogP contribution in [0.4, 0.5) is 0 Å². The van der Waals surface area contributed by atoms with Gasteiger partial charge in [-0.2, -0.15) is 0 Å². The van der Waals surface area contributed by atoms with Crippen LogP contribution in [0.5, 0.6) is 11.5 Å². The van der Waals surface area contributed by atoms with Crippen LogP contribution in [0.3, 0.4) is 0 Å². The van der Waals surface area contributed by atoms with Gasteiger partial charge in [0.15, 0.2) is 0 Å². The highest BCUT2D eigenvalue weighted by Crippen LogP contribution is 2.32. The summed E-state index contributed by atoms with van der Waals surface area (Å²) in [5.74, 6) is 1.93. The van der Waals surface area contributed by atoms with E-state index in [1.807, 2.05) is 37.3 Å². The fraction of sp³-hybridized carbons (Fsp3) is 0.200. The average molecular weight is 281 g/mol. The van der Waals surface area contributed by atoms with Gasteiger partial charge in [-0.15, -0.1) is 11.6 Å². The minimum absolute atomic E-state index is 0.448. The SMILES string of the molecule is Cc1cccc(Oc2ccc(CCl)cc2Cl)c1C. The van der Waals surface area contributed by atoms with Gasteiger partial charge in [-0.25, -0.2) is 0 Å². The Morgan fingerprint density at radius 2 is 1.83 bits per heavy atom. The van der Waals surface area contributed by atoms with Crippen molar-refractivity contribution in [3.05, 3.63) is 58.1 Å². The van der Waals surface area contributed by atoms with Crippen molar-refractivity contribution in [1.82, 2.24) is 0 Å². The van der Waals surface area contributed by atoms with Gasteiger partial charge in [-0.05, 0) is 48.7 Å². The molecule has 0 aliphatic carbocycles. The van der Waals surface area contributed by atoms with Crippen LogP contribution in [-0.2, 0) is 5.88 Å². The van der Waals surface area contributed by atoms with E-state index in [1.54, 1.807) is 0 Å². The number of hydrogen-bond acceptors (Lipinski definition) is 1. The molecule has 0 atom stereocenters. The third-order valence-electron chi connectivity index (χ3n) is 2.93. The highest BCUT2D eigenvalue weighted by molar-refractivity contribution is 6.32. The van der Waals surface area contributed by atoms with Gasteiger partial charge in [-0.1, -0.05) is 29.8 Å². The maximum absolute atomic E-state index is 6.17. The Balaban J connectivity index is 2.31. The molecule has 0 heterocycles. The van der Waals surface area contributed by atoms with Crippen molar-refractivity contribution in [3.8, 4) is 11.5 Å². The normalized spacial score (nSPS) is 10.4. The lowest BCUT2D eigenvalue weighted by Gasteiger charge is -2.12. The highest BCUT2D eigenvalue weighted by Gasteiger charge is 2.07. The second-order valence-corrected chi connectivity index (χ2v) is 4.87. The Hall–Kier alpha value is -1.18. The Labute approximate surface area is 117 Å². The van der Waals surface area contributed by atoms with Crippen LogP contribution < -0.4 is 4.74 Å². The predicted molar refractivity (Wildman–Crippen MR) is 77.0 cm³/mol. The monoisotopic (exact) mass is 280 g/mol. The van der Waals surface area contributed by atoms with Crippen LogP contribution in [-0.4, -0.2) is 0 Å². The summed E-state index contributed by atoms with van der Waals surface area (Å²) in [5.41, 5.74) is 3.30. The van der Waals surface area contributed by atoms with E-state index in [2.05, 4.69) is 13.0 Å². The third-order valence-corrected chi connectivity index (χ3v) is 3.53. The lowest BCUT2D eigenvalue weighted by atomic mass is 10.1. The third kappa shape index (κ3) is 2.80. The minimum atomic E-state index is 0.448. The molecule has 0 N–H and O–H groups in total.